The van der Waals surface area contributed by atoms with Crippen LogP contribution in [0.25, 0.3) is 0 Å². The highest BCUT2D eigenvalue weighted by molar-refractivity contribution is 8.00. The largest absolute Gasteiger partial charge is 0.369 e. The standard InChI is InChI=1S/C13H16FN3S/c1-9-13(5-6-18-9)8-16-12(15)17(13)11-4-2-3-10(14)7-11/h2-4,7,9H,5-6,8H2,1H3,(H2,15,16). The number of nitrogens with two attached hydrogens (primary N) is 1. The lowest BCUT2D eigenvalue weighted by Crippen LogP contribution is -2.55. The van der Waals surface area contributed by atoms with E-state index in [2.05, 4.69) is 11.9 Å². The first-order valence-electron chi connectivity index (χ1n) is 6.11. The molecule has 0 aromatic heterocycles. The van der Waals surface area contributed by atoms with E-state index in [1.165, 1.54) is 12.1 Å². The van der Waals surface area contributed by atoms with Crippen LogP contribution >= 0.6 is 11.8 Å². The van der Waals surface area contributed by atoms with Gasteiger partial charge in [0.25, 0.3) is 0 Å². The Morgan fingerprint density at radius 3 is 3.06 bits per heavy atom. The summed E-state index contributed by atoms with van der Waals surface area (Å²) in [4.78, 5) is 6.42. The van der Waals surface area contributed by atoms with Gasteiger partial charge in [0.1, 0.15) is 5.82 Å². The summed E-state index contributed by atoms with van der Waals surface area (Å²) in [7, 11) is 0. The van der Waals surface area contributed by atoms with Crippen molar-refractivity contribution in [3.8, 4) is 0 Å². The van der Waals surface area contributed by atoms with Crippen molar-refractivity contribution in [1.82, 2.24) is 0 Å². The lowest BCUT2D eigenvalue weighted by Gasteiger charge is -2.38. The van der Waals surface area contributed by atoms with Crippen molar-refractivity contribution < 1.29 is 4.39 Å². The van der Waals surface area contributed by atoms with Crippen molar-refractivity contribution in [2.75, 3.05) is 17.2 Å². The molecule has 2 aliphatic rings. The maximum atomic E-state index is 13.4. The quantitative estimate of drug-likeness (QED) is 0.846. The Morgan fingerprint density at radius 2 is 2.39 bits per heavy atom. The smallest absolute Gasteiger partial charge is 0.196 e. The summed E-state index contributed by atoms with van der Waals surface area (Å²) in [6.45, 7) is 2.92. The number of guanidine groups is 1. The number of hydrogen-bond donors (Lipinski definition) is 1. The Morgan fingerprint density at radius 1 is 1.56 bits per heavy atom. The third-order valence-corrected chi connectivity index (χ3v) is 5.29. The summed E-state index contributed by atoms with van der Waals surface area (Å²) in [5, 5.41) is 0.450. The van der Waals surface area contributed by atoms with E-state index < -0.39 is 0 Å². The van der Waals surface area contributed by atoms with E-state index in [9.17, 15) is 4.39 Å². The van der Waals surface area contributed by atoms with Gasteiger partial charge in [0.15, 0.2) is 5.96 Å². The topological polar surface area (TPSA) is 41.6 Å². The van der Waals surface area contributed by atoms with Crippen LogP contribution in [0.3, 0.4) is 0 Å². The van der Waals surface area contributed by atoms with E-state index in [0.717, 1.165) is 17.9 Å². The van der Waals surface area contributed by atoms with Crippen molar-refractivity contribution in [1.29, 1.82) is 0 Å². The highest BCUT2D eigenvalue weighted by Crippen LogP contribution is 2.44. The predicted octanol–water partition coefficient (Wildman–Crippen LogP) is 2.22. The van der Waals surface area contributed by atoms with Gasteiger partial charge < -0.3 is 10.6 Å². The zero-order chi connectivity index (χ0) is 12.8. The Bertz CT molecular complexity index is 505. The molecule has 18 heavy (non-hydrogen) atoms. The normalized spacial score (nSPS) is 31.1. The van der Waals surface area contributed by atoms with Crippen LogP contribution in [-0.4, -0.2) is 29.0 Å². The van der Waals surface area contributed by atoms with Gasteiger partial charge in [-0.3, -0.25) is 4.99 Å². The minimum Gasteiger partial charge on any atom is -0.369 e. The fourth-order valence-corrected chi connectivity index (χ4v) is 4.30. The van der Waals surface area contributed by atoms with Crippen LogP contribution in [0.5, 0.6) is 0 Å². The van der Waals surface area contributed by atoms with E-state index in [4.69, 9.17) is 5.73 Å². The molecule has 0 amide bonds. The lowest BCUT2D eigenvalue weighted by molar-refractivity contribution is 0.459. The molecule has 2 atom stereocenters. The molecular formula is C13H16FN3S. The highest BCUT2D eigenvalue weighted by Gasteiger charge is 2.50. The van der Waals surface area contributed by atoms with Crippen LogP contribution in [0, 0.1) is 5.82 Å². The van der Waals surface area contributed by atoms with E-state index >= 15 is 0 Å². The summed E-state index contributed by atoms with van der Waals surface area (Å²) in [6, 6.07) is 6.60. The summed E-state index contributed by atoms with van der Waals surface area (Å²) in [5.74, 6) is 1.38. The molecule has 0 radical (unpaired) electrons. The first-order chi connectivity index (χ1) is 8.63. The number of hydrogen-bond acceptors (Lipinski definition) is 4. The summed E-state index contributed by atoms with van der Waals surface area (Å²) >= 11 is 1.93. The second-order valence-electron chi connectivity index (χ2n) is 4.86. The number of aliphatic imine (C=N–C) groups is 1. The third-order valence-electron chi connectivity index (χ3n) is 3.92. The van der Waals surface area contributed by atoms with Gasteiger partial charge in [-0.05, 0) is 30.4 Å². The second kappa shape index (κ2) is 4.16. The van der Waals surface area contributed by atoms with Gasteiger partial charge >= 0.3 is 0 Å². The lowest BCUT2D eigenvalue weighted by atomic mass is 9.91. The molecule has 5 heteroatoms. The van der Waals surface area contributed by atoms with Gasteiger partial charge in [-0.1, -0.05) is 13.0 Å². The SMILES string of the molecule is CC1SCCC12CN=C(N)N2c1cccc(F)c1. The summed E-state index contributed by atoms with van der Waals surface area (Å²) < 4.78 is 13.4. The molecule has 0 bridgehead atoms. The molecule has 1 fully saturated rings. The van der Waals surface area contributed by atoms with Crippen molar-refractivity contribution in [3.05, 3.63) is 30.1 Å². The van der Waals surface area contributed by atoms with Crippen molar-refractivity contribution >= 4 is 23.4 Å². The van der Waals surface area contributed by atoms with Crippen molar-refractivity contribution in [2.24, 2.45) is 10.7 Å². The van der Waals surface area contributed by atoms with E-state index in [1.54, 1.807) is 6.07 Å². The first-order valence-corrected chi connectivity index (χ1v) is 7.16. The molecule has 1 saturated heterocycles. The fraction of sp³-hybridized carbons (Fsp3) is 0.462. The molecule has 0 saturated carbocycles. The van der Waals surface area contributed by atoms with E-state index in [-0.39, 0.29) is 11.4 Å². The Labute approximate surface area is 110 Å². The van der Waals surface area contributed by atoms with Crippen LogP contribution in [-0.2, 0) is 0 Å². The Kier molecular flexibility index (Phi) is 2.73. The average Bonchev–Trinajstić information content (AvgIpc) is 2.85. The van der Waals surface area contributed by atoms with Crippen LogP contribution in [0.1, 0.15) is 13.3 Å². The van der Waals surface area contributed by atoms with Gasteiger partial charge in [-0.25, -0.2) is 4.39 Å². The molecule has 2 unspecified atom stereocenters. The van der Waals surface area contributed by atoms with Gasteiger partial charge in [0.05, 0.1) is 12.1 Å². The molecule has 3 nitrogen and oxygen atoms in total. The number of nitrogens with zero attached hydrogens (tertiary/aromatic N) is 2. The second-order valence-corrected chi connectivity index (χ2v) is 6.30. The molecule has 2 heterocycles. The number of benzene rings is 1. The molecule has 1 aromatic rings. The molecule has 0 aliphatic carbocycles. The summed E-state index contributed by atoms with van der Waals surface area (Å²) in [6.07, 6.45) is 1.04. The van der Waals surface area contributed by atoms with E-state index in [1.807, 2.05) is 22.7 Å². The molecule has 1 aromatic carbocycles. The molecule has 96 valence electrons. The molecule has 2 N–H and O–H groups in total. The minimum atomic E-state index is -0.236. The van der Waals surface area contributed by atoms with Crippen molar-refractivity contribution in [3.63, 3.8) is 0 Å². The predicted molar refractivity (Wildman–Crippen MR) is 74.6 cm³/mol. The molecule has 3 rings (SSSR count). The average molecular weight is 265 g/mol. The summed E-state index contributed by atoms with van der Waals surface area (Å²) in [5.41, 5.74) is 6.76. The van der Waals surface area contributed by atoms with Gasteiger partial charge in [0.2, 0.25) is 0 Å². The number of rotatable bonds is 1. The number of halogens is 1. The maximum Gasteiger partial charge on any atom is 0.196 e. The number of anilines is 1. The van der Waals surface area contributed by atoms with Crippen LogP contribution in [0.4, 0.5) is 10.1 Å². The monoisotopic (exact) mass is 265 g/mol. The number of thioether (sulfide) groups is 1. The third kappa shape index (κ3) is 1.61. The van der Waals surface area contributed by atoms with Crippen LogP contribution < -0.4 is 10.6 Å². The first kappa shape index (κ1) is 11.8. The highest BCUT2D eigenvalue weighted by atomic mass is 32.2. The fourth-order valence-electron chi connectivity index (χ4n) is 2.86. The van der Waals surface area contributed by atoms with Gasteiger partial charge in [-0.2, -0.15) is 11.8 Å². The minimum absolute atomic E-state index is 0.0669. The molecule has 1 spiro atoms. The Hall–Kier alpha value is -1.23. The van der Waals surface area contributed by atoms with Crippen LogP contribution in [0.2, 0.25) is 0 Å². The van der Waals surface area contributed by atoms with Crippen LogP contribution in [0.15, 0.2) is 29.3 Å². The van der Waals surface area contributed by atoms with E-state index in [0.29, 0.717) is 17.8 Å². The van der Waals surface area contributed by atoms with Gasteiger partial charge in [-0.15, -0.1) is 0 Å². The maximum absolute atomic E-state index is 13.4. The molecular weight excluding hydrogens is 249 g/mol. The van der Waals surface area contributed by atoms with Crippen molar-refractivity contribution in [2.45, 2.75) is 24.1 Å². The van der Waals surface area contributed by atoms with Gasteiger partial charge in [0, 0.05) is 10.9 Å². The Balaban J connectivity index is 2.04. The zero-order valence-corrected chi connectivity index (χ0v) is 11.1. The zero-order valence-electron chi connectivity index (χ0n) is 10.3. The molecule has 2 aliphatic heterocycles.